The van der Waals surface area contributed by atoms with Crippen molar-refractivity contribution in [3.8, 4) is 0 Å². The standard InChI is InChI=1S/C4H5N3OS/c1-5-3(8)4-7-6-2-9-4/h2H,1H3,(H,5,8). The van der Waals surface area contributed by atoms with Gasteiger partial charge >= 0.3 is 0 Å². The van der Waals surface area contributed by atoms with Crippen molar-refractivity contribution >= 4 is 17.2 Å². The highest BCUT2D eigenvalue weighted by Crippen LogP contribution is 1.98. The third-order valence-electron chi connectivity index (χ3n) is 0.781. The van der Waals surface area contributed by atoms with Crippen LogP contribution in [0.5, 0.6) is 0 Å². The molecule has 0 atom stereocenters. The summed E-state index contributed by atoms with van der Waals surface area (Å²) in [6.45, 7) is 0. The average molecular weight is 143 g/mol. The van der Waals surface area contributed by atoms with Crippen molar-refractivity contribution < 1.29 is 4.79 Å². The molecular formula is C4H5N3OS. The van der Waals surface area contributed by atoms with Crippen LogP contribution >= 0.6 is 11.3 Å². The maximum atomic E-state index is 10.7. The number of nitrogens with zero attached hydrogens (tertiary/aromatic N) is 2. The lowest BCUT2D eigenvalue weighted by molar-refractivity contribution is 0.0962. The molecule has 48 valence electrons. The monoisotopic (exact) mass is 143 g/mol. The molecule has 1 aromatic heterocycles. The van der Waals surface area contributed by atoms with Gasteiger partial charge in [0.05, 0.1) is 0 Å². The first-order valence-electron chi connectivity index (χ1n) is 2.33. The molecule has 0 bridgehead atoms. The second-order valence-electron chi connectivity index (χ2n) is 1.32. The summed E-state index contributed by atoms with van der Waals surface area (Å²) >= 11 is 1.22. The van der Waals surface area contributed by atoms with Crippen molar-refractivity contribution in [3.05, 3.63) is 10.5 Å². The molecule has 0 fully saturated rings. The number of aromatic nitrogens is 2. The number of nitrogens with one attached hydrogen (secondary N) is 1. The lowest BCUT2D eigenvalue weighted by atomic mass is 10.6. The van der Waals surface area contributed by atoms with Crippen LogP contribution in [0, 0.1) is 0 Å². The second-order valence-corrected chi connectivity index (χ2v) is 2.16. The zero-order valence-corrected chi connectivity index (χ0v) is 5.60. The SMILES string of the molecule is CNC(=O)c1nncs1. The maximum Gasteiger partial charge on any atom is 0.282 e. The largest absolute Gasteiger partial charge is 0.353 e. The van der Waals surface area contributed by atoms with Crippen molar-refractivity contribution in [3.63, 3.8) is 0 Å². The van der Waals surface area contributed by atoms with E-state index < -0.39 is 0 Å². The van der Waals surface area contributed by atoms with Gasteiger partial charge in [0, 0.05) is 7.05 Å². The minimum Gasteiger partial charge on any atom is -0.353 e. The minimum absolute atomic E-state index is 0.183. The molecule has 1 amide bonds. The van der Waals surface area contributed by atoms with Gasteiger partial charge in [-0.05, 0) is 0 Å². The Hall–Kier alpha value is -0.970. The molecule has 1 heterocycles. The van der Waals surface area contributed by atoms with Crippen LogP contribution in [-0.2, 0) is 0 Å². The molecule has 0 aliphatic carbocycles. The molecule has 1 N–H and O–H groups in total. The summed E-state index contributed by atoms with van der Waals surface area (Å²) in [4.78, 5) is 10.7. The van der Waals surface area contributed by atoms with Crippen molar-refractivity contribution in [2.45, 2.75) is 0 Å². The van der Waals surface area contributed by atoms with E-state index in [9.17, 15) is 4.79 Å². The van der Waals surface area contributed by atoms with Gasteiger partial charge in [-0.1, -0.05) is 11.3 Å². The summed E-state index contributed by atoms with van der Waals surface area (Å²) in [7, 11) is 1.56. The summed E-state index contributed by atoms with van der Waals surface area (Å²) in [5.41, 5.74) is 1.52. The Morgan fingerprint density at radius 3 is 3.11 bits per heavy atom. The highest BCUT2D eigenvalue weighted by molar-refractivity contribution is 7.11. The van der Waals surface area contributed by atoms with Crippen molar-refractivity contribution in [1.29, 1.82) is 0 Å². The number of amides is 1. The van der Waals surface area contributed by atoms with Gasteiger partial charge in [-0.25, -0.2) is 0 Å². The first-order chi connectivity index (χ1) is 4.34. The summed E-state index contributed by atoms with van der Waals surface area (Å²) in [5.74, 6) is -0.183. The first-order valence-corrected chi connectivity index (χ1v) is 3.21. The van der Waals surface area contributed by atoms with Crippen LogP contribution < -0.4 is 5.32 Å². The summed E-state index contributed by atoms with van der Waals surface area (Å²) < 4.78 is 0. The topological polar surface area (TPSA) is 54.9 Å². The lowest BCUT2D eigenvalue weighted by Crippen LogP contribution is -2.17. The van der Waals surface area contributed by atoms with Gasteiger partial charge in [-0.15, -0.1) is 10.2 Å². The molecule has 0 spiro atoms. The highest BCUT2D eigenvalue weighted by Gasteiger charge is 2.04. The van der Waals surface area contributed by atoms with E-state index in [1.807, 2.05) is 0 Å². The van der Waals surface area contributed by atoms with Crippen LogP contribution in [0.4, 0.5) is 0 Å². The highest BCUT2D eigenvalue weighted by atomic mass is 32.1. The second kappa shape index (κ2) is 2.54. The van der Waals surface area contributed by atoms with Crippen molar-refractivity contribution in [2.75, 3.05) is 7.05 Å². The Labute approximate surface area is 55.9 Å². The quantitative estimate of drug-likeness (QED) is 0.597. The molecule has 4 nitrogen and oxygen atoms in total. The molecule has 0 saturated carbocycles. The van der Waals surface area contributed by atoms with Crippen LogP contribution in [0.2, 0.25) is 0 Å². The predicted octanol–water partition coefficient (Wildman–Crippen LogP) is -0.102. The molecule has 0 aliphatic rings. The van der Waals surface area contributed by atoms with Crippen molar-refractivity contribution in [2.24, 2.45) is 0 Å². The Morgan fingerprint density at radius 2 is 2.67 bits per heavy atom. The minimum atomic E-state index is -0.183. The van der Waals surface area contributed by atoms with Crippen LogP contribution in [0.15, 0.2) is 5.51 Å². The Bertz CT molecular complexity index is 196. The fourth-order valence-electron chi connectivity index (χ4n) is 0.379. The maximum absolute atomic E-state index is 10.7. The van der Waals surface area contributed by atoms with Gasteiger partial charge in [-0.2, -0.15) is 0 Å². The Morgan fingerprint density at radius 1 is 1.89 bits per heavy atom. The van der Waals surface area contributed by atoms with Gasteiger partial charge in [0.25, 0.3) is 5.91 Å². The molecule has 1 aromatic rings. The van der Waals surface area contributed by atoms with Crippen LogP contribution in [0.1, 0.15) is 9.80 Å². The molecular weight excluding hydrogens is 138 g/mol. The van der Waals surface area contributed by atoms with Gasteiger partial charge < -0.3 is 5.32 Å². The molecule has 0 aliphatic heterocycles. The van der Waals surface area contributed by atoms with Crippen LogP contribution in [0.3, 0.4) is 0 Å². The van der Waals surface area contributed by atoms with E-state index in [0.717, 1.165) is 0 Å². The number of hydrogen-bond donors (Lipinski definition) is 1. The molecule has 9 heavy (non-hydrogen) atoms. The summed E-state index contributed by atoms with van der Waals surface area (Å²) in [5, 5.41) is 9.88. The molecule has 0 radical (unpaired) electrons. The van der Waals surface area contributed by atoms with E-state index in [1.54, 1.807) is 7.05 Å². The summed E-state index contributed by atoms with van der Waals surface area (Å²) in [6.07, 6.45) is 0. The fraction of sp³-hybridized carbons (Fsp3) is 0.250. The van der Waals surface area contributed by atoms with Gasteiger partial charge in [0.2, 0.25) is 5.01 Å². The normalized spacial score (nSPS) is 9.00. The summed E-state index contributed by atoms with van der Waals surface area (Å²) in [6, 6.07) is 0. The van der Waals surface area contributed by atoms with E-state index in [-0.39, 0.29) is 5.91 Å². The van der Waals surface area contributed by atoms with Gasteiger partial charge in [-0.3, -0.25) is 4.79 Å². The average Bonchev–Trinajstić information content (AvgIpc) is 2.37. The number of carbonyl (C=O) groups is 1. The van der Waals surface area contributed by atoms with Gasteiger partial charge in [0.15, 0.2) is 0 Å². The zero-order valence-electron chi connectivity index (χ0n) is 4.79. The van der Waals surface area contributed by atoms with Crippen molar-refractivity contribution in [1.82, 2.24) is 15.5 Å². The number of carbonyl (C=O) groups excluding carboxylic acids is 1. The van der Waals surface area contributed by atoms with E-state index in [1.165, 1.54) is 16.8 Å². The molecule has 0 aromatic carbocycles. The van der Waals surface area contributed by atoms with E-state index >= 15 is 0 Å². The fourth-order valence-corrected chi connectivity index (χ4v) is 0.876. The first kappa shape index (κ1) is 6.15. The van der Waals surface area contributed by atoms with Gasteiger partial charge in [0.1, 0.15) is 5.51 Å². The lowest BCUT2D eigenvalue weighted by Gasteiger charge is -1.87. The van der Waals surface area contributed by atoms with Crippen LogP contribution in [0.25, 0.3) is 0 Å². The third-order valence-corrected chi connectivity index (χ3v) is 1.47. The Kier molecular flexibility index (Phi) is 1.74. The predicted molar refractivity (Wildman–Crippen MR) is 33.3 cm³/mol. The Balaban J connectivity index is 2.77. The van der Waals surface area contributed by atoms with E-state index in [2.05, 4.69) is 15.5 Å². The van der Waals surface area contributed by atoms with E-state index in [0.29, 0.717) is 5.01 Å². The zero-order chi connectivity index (χ0) is 6.69. The van der Waals surface area contributed by atoms with E-state index in [4.69, 9.17) is 0 Å². The smallest absolute Gasteiger partial charge is 0.282 e. The molecule has 1 rings (SSSR count). The molecule has 0 saturated heterocycles. The van der Waals surface area contributed by atoms with Crippen LogP contribution in [-0.4, -0.2) is 23.2 Å². The molecule has 5 heteroatoms. The number of hydrogen-bond acceptors (Lipinski definition) is 4. The third kappa shape index (κ3) is 1.23. The molecule has 0 unspecified atom stereocenters. The number of rotatable bonds is 1.